The second kappa shape index (κ2) is 1.76. The Balaban J connectivity index is 2.52. The van der Waals surface area contributed by atoms with Crippen LogP contribution >= 0.6 is 0 Å². The van der Waals surface area contributed by atoms with Gasteiger partial charge in [0.2, 0.25) is 0 Å². The van der Waals surface area contributed by atoms with Crippen LogP contribution in [0.2, 0.25) is 0 Å². The lowest BCUT2D eigenvalue weighted by molar-refractivity contribution is -0.140. The van der Waals surface area contributed by atoms with Gasteiger partial charge in [-0.2, -0.15) is 0 Å². The number of hydrogen-bond acceptors (Lipinski definition) is 2. The van der Waals surface area contributed by atoms with Crippen molar-refractivity contribution < 1.29 is 9.90 Å². The van der Waals surface area contributed by atoms with Gasteiger partial charge in [0, 0.05) is 0 Å². The Labute approximate surface area is 53.4 Å². The number of carboxylic acids is 1. The van der Waals surface area contributed by atoms with Crippen LogP contribution in [-0.4, -0.2) is 16.6 Å². The summed E-state index contributed by atoms with van der Waals surface area (Å²) in [5, 5.41) is 11.2. The van der Waals surface area contributed by atoms with E-state index in [9.17, 15) is 4.79 Å². The SMILES string of the molecule is C=CNC1(C(=O)O)CC1. The Morgan fingerprint density at radius 1 is 1.78 bits per heavy atom. The highest BCUT2D eigenvalue weighted by Crippen LogP contribution is 2.35. The average molecular weight is 127 g/mol. The van der Waals surface area contributed by atoms with Gasteiger partial charge in [0.25, 0.3) is 0 Å². The summed E-state index contributed by atoms with van der Waals surface area (Å²) in [6, 6.07) is 0. The first-order valence-electron chi connectivity index (χ1n) is 2.83. The van der Waals surface area contributed by atoms with E-state index >= 15 is 0 Å². The number of nitrogens with one attached hydrogen (secondary N) is 1. The minimum absolute atomic E-state index is 0.651. The molecule has 1 aliphatic carbocycles. The predicted octanol–water partition coefficient (Wildman–Crippen LogP) is 0.337. The van der Waals surface area contributed by atoms with E-state index in [4.69, 9.17) is 5.11 Å². The summed E-state index contributed by atoms with van der Waals surface area (Å²) in [6.07, 6.45) is 2.86. The molecule has 0 aromatic rings. The molecular weight excluding hydrogens is 118 g/mol. The van der Waals surface area contributed by atoms with E-state index in [-0.39, 0.29) is 0 Å². The standard InChI is InChI=1S/C6H9NO2/c1-2-7-6(3-4-6)5(8)9/h2,7H,1,3-4H2,(H,8,9). The smallest absolute Gasteiger partial charge is 0.329 e. The van der Waals surface area contributed by atoms with Crippen molar-refractivity contribution in [3.05, 3.63) is 12.8 Å². The molecule has 0 heterocycles. The molecule has 0 radical (unpaired) electrons. The van der Waals surface area contributed by atoms with Crippen molar-refractivity contribution in [1.29, 1.82) is 0 Å². The third-order valence-corrected chi connectivity index (χ3v) is 1.54. The van der Waals surface area contributed by atoms with Crippen LogP contribution in [0.3, 0.4) is 0 Å². The Morgan fingerprint density at radius 2 is 2.33 bits per heavy atom. The van der Waals surface area contributed by atoms with Crippen molar-refractivity contribution >= 4 is 5.97 Å². The van der Waals surface area contributed by atoms with Gasteiger partial charge in [-0.15, -0.1) is 0 Å². The van der Waals surface area contributed by atoms with Gasteiger partial charge >= 0.3 is 5.97 Å². The fourth-order valence-electron chi connectivity index (χ4n) is 0.740. The van der Waals surface area contributed by atoms with Crippen molar-refractivity contribution in [3.8, 4) is 0 Å². The molecular formula is C6H9NO2. The Morgan fingerprint density at radius 3 is 2.44 bits per heavy atom. The molecule has 0 spiro atoms. The molecule has 0 aromatic carbocycles. The fraction of sp³-hybridized carbons (Fsp3) is 0.500. The van der Waals surface area contributed by atoms with Gasteiger partial charge in [0.05, 0.1) is 0 Å². The van der Waals surface area contributed by atoms with E-state index in [0.717, 1.165) is 0 Å². The average Bonchev–Trinajstić information content (AvgIpc) is 2.49. The van der Waals surface area contributed by atoms with Crippen LogP contribution in [0.4, 0.5) is 0 Å². The van der Waals surface area contributed by atoms with Crippen LogP contribution in [0.25, 0.3) is 0 Å². The second-order valence-corrected chi connectivity index (χ2v) is 2.24. The lowest BCUT2D eigenvalue weighted by atomic mass is 10.3. The maximum absolute atomic E-state index is 10.4. The van der Waals surface area contributed by atoms with Gasteiger partial charge in [-0.25, -0.2) is 4.79 Å². The first-order valence-corrected chi connectivity index (χ1v) is 2.83. The zero-order valence-corrected chi connectivity index (χ0v) is 5.05. The van der Waals surface area contributed by atoms with E-state index in [2.05, 4.69) is 11.9 Å². The molecule has 3 nitrogen and oxygen atoms in total. The molecule has 0 amide bonds. The molecule has 0 bridgehead atoms. The molecule has 9 heavy (non-hydrogen) atoms. The van der Waals surface area contributed by atoms with Gasteiger partial charge in [-0.1, -0.05) is 6.58 Å². The van der Waals surface area contributed by atoms with Crippen LogP contribution in [0.15, 0.2) is 12.8 Å². The minimum atomic E-state index is -0.776. The third kappa shape index (κ3) is 0.896. The Bertz CT molecular complexity index is 149. The van der Waals surface area contributed by atoms with Gasteiger partial charge in [-0.05, 0) is 19.0 Å². The Kier molecular flexibility index (Phi) is 1.20. The van der Waals surface area contributed by atoms with Crippen molar-refractivity contribution in [2.24, 2.45) is 0 Å². The van der Waals surface area contributed by atoms with Gasteiger partial charge in [0.15, 0.2) is 0 Å². The number of hydrogen-bond donors (Lipinski definition) is 2. The highest BCUT2D eigenvalue weighted by molar-refractivity contribution is 5.82. The maximum atomic E-state index is 10.4. The van der Waals surface area contributed by atoms with E-state index < -0.39 is 11.5 Å². The topological polar surface area (TPSA) is 49.3 Å². The summed E-state index contributed by atoms with van der Waals surface area (Å²) >= 11 is 0. The lowest BCUT2D eigenvalue weighted by Crippen LogP contribution is -2.35. The molecule has 3 heteroatoms. The summed E-state index contributed by atoms with van der Waals surface area (Å²) in [6.45, 7) is 3.39. The summed E-state index contributed by atoms with van der Waals surface area (Å²) in [7, 11) is 0. The fourth-order valence-corrected chi connectivity index (χ4v) is 0.740. The normalized spacial score (nSPS) is 20.4. The zero-order chi connectivity index (χ0) is 6.91. The van der Waals surface area contributed by atoms with Crippen LogP contribution in [0, 0.1) is 0 Å². The molecule has 1 fully saturated rings. The summed E-state index contributed by atoms with van der Waals surface area (Å²) < 4.78 is 0. The van der Waals surface area contributed by atoms with Crippen molar-refractivity contribution in [2.45, 2.75) is 18.4 Å². The quantitative estimate of drug-likeness (QED) is 0.574. The molecule has 1 aliphatic rings. The third-order valence-electron chi connectivity index (χ3n) is 1.54. The number of rotatable bonds is 3. The van der Waals surface area contributed by atoms with Crippen LogP contribution in [-0.2, 0) is 4.79 Å². The van der Waals surface area contributed by atoms with Crippen LogP contribution in [0.5, 0.6) is 0 Å². The van der Waals surface area contributed by atoms with Gasteiger partial charge < -0.3 is 10.4 Å². The molecule has 2 N–H and O–H groups in total. The molecule has 1 rings (SSSR count). The monoisotopic (exact) mass is 127 g/mol. The number of carboxylic acid groups (broad SMARTS) is 1. The molecule has 0 atom stereocenters. The highest BCUT2D eigenvalue weighted by atomic mass is 16.4. The van der Waals surface area contributed by atoms with E-state index in [1.807, 2.05) is 0 Å². The lowest BCUT2D eigenvalue weighted by Gasteiger charge is -2.07. The van der Waals surface area contributed by atoms with Gasteiger partial charge in [-0.3, -0.25) is 0 Å². The summed E-state index contributed by atoms with van der Waals surface area (Å²) in [5.74, 6) is -0.776. The summed E-state index contributed by atoms with van der Waals surface area (Å²) in [4.78, 5) is 10.4. The van der Waals surface area contributed by atoms with Crippen LogP contribution < -0.4 is 5.32 Å². The highest BCUT2D eigenvalue weighted by Gasteiger charge is 2.49. The van der Waals surface area contributed by atoms with Crippen molar-refractivity contribution in [3.63, 3.8) is 0 Å². The maximum Gasteiger partial charge on any atom is 0.329 e. The first kappa shape index (κ1) is 6.13. The van der Waals surface area contributed by atoms with E-state index in [0.29, 0.717) is 12.8 Å². The number of carbonyl (C=O) groups is 1. The molecule has 0 aromatic heterocycles. The Hall–Kier alpha value is -0.990. The predicted molar refractivity (Wildman–Crippen MR) is 32.9 cm³/mol. The molecule has 0 aliphatic heterocycles. The molecule has 1 saturated carbocycles. The first-order chi connectivity index (χ1) is 4.21. The molecule has 0 unspecified atom stereocenters. The van der Waals surface area contributed by atoms with E-state index in [1.165, 1.54) is 6.20 Å². The van der Waals surface area contributed by atoms with E-state index in [1.54, 1.807) is 0 Å². The van der Waals surface area contributed by atoms with Crippen molar-refractivity contribution in [2.75, 3.05) is 0 Å². The molecule has 0 saturated heterocycles. The van der Waals surface area contributed by atoms with Crippen molar-refractivity contribution in [1.82, 2.24) is 5.32 Å². The number of aliphatic carboxylic acids is 1. The van der Waals surface area contributed by atoms with Crippen LogP contribution in [0.1, 0.15) is 12.8 Å². The molecule has 50 valence electrons. The minimum Gasteiger partial charge on any atom is -0.480 e. The second-order valence-electron chi connectivity index (χ2n) is 2.24. The summed E-state index contributed by atoms with van der Waals surface area (Å²) in [5.41, 5.74) is -0.651. The van der Waals surface area contributed by atoms with Gasteiger partial charge in [0.1, 0.15) is 5.54 Å². The largest absolute Gasteiger partial charge is 0.480 e. The zero-order valence-electron chi connectivity index (χ0n) is 5.05.